The van der Waals surface area contributed by atoms with Crippen molar-refractivity contribution in [3.05, 3.63) is 30.5 Å². The third kappa shape index (κ3) is 2.26. The van der Waals surface area contributed by atoms with Crippen molar-refractivity contribution < 1.29 is 18.3 Å². The van der Waals surface area contributed by atoms with Gasteiger partial charge in [-0.05, 0) is 17.8 Å². The SMILES string of the molecule is COC(=O)C(F)(F)Sc1c[nH]c2ccccc12. The van der Waals surface area contributed by atoms with Gasteiger partial charge in [0.15, 0.2) is 0 Å². The number of para-hydroxylation sites is 1. The van der Waals surface area contributed by atoms with Crippen molar-refractivity contribution in [2.24, 2.45) is 0 Å². The molecule has 0 saturated heterocycles. The highest BCUT2D eigenvalue weighted by molar-refractivity contribution is 8.01. The number of fused-ring (bicyclic) bond motifs is 1. The zero-order valence-corrected chi connectivity index (χ0v) is 9.68. The van der Waals surface area contributed by atoms with Gasteiger partial charge in [0.2, 0.25) is 0 Å². The summed E-state index contributed by atoms with van der Waals surface area (Å²) in [4.78, 5) is 14.1. The molecule has 0 atom stereocenters. The van der Waals surface area contributed by atoms with Crippen LogP contribution in [0, 0.1) is 0 Å². The summed E-state index contributed by atoms with van der Waals surface area (Å²) < 4.78 is 30.8. The Balaban J connectivity index is 2.33. The summed E-state index contributed by atoms with van der Waals surface area (Å²) in [5, 5.41) is -2.93. The molecule has 0 fully saturated rings. The van der Waals surface area contributed by atoms with Gasteiger partial charge in [0.25, 0.3) is 0 Å². The van der Waals surface area contributed by atoms with E-state index in [0.717, 1.165) is 12.6 Å². The highest BCUT2D eigenvalue weighted by atomic mass is 32.2. The number of aromatic amines is 1. The minimum atomic E-state index is -3.58. The molecule has 0 aliphatic carbocycles. The number of aromatic nitrogens is 1. The summed E-state index contributed by atoms with van der Waals surface area (Å²) in [5.41, 5.74) is 0.746. The Kier molecular flexibility index (Phi) is 3.06. The Hall–Kier alpha value is -1.56. The van der Waals surface area contributed by atoms with E-state index in [1.54, 1.807) is 24.3 Å². The lowest BCUT2D eigenvalue weighted by Gasteiger charge is -2.11. The Labute approximate surface area is 100 Å². The molecular weight excluding hydrogens is 248 g/mol. The quantitative estimate of drug-likeness (QED) is 0.679. The van der Waals surface area contributed by atoms with Crippen molar-refractivity contribution in [2.45, 2.75) is 10.2 Å². The fourth-order valence-corrected chi connectivity index (χ4v) is 2.28. The summed E-state index contributed by atoms with van der Waals surface area (Å²) in [6, 6.07) is 7.03. The summed E-state index contributed by atoms with van der Waals surface area (Å²) in [6.07, 6.45) is 1.45. The van der Waals surface area contributed by atoms with Crippen LogP contribution in [0.4, 0.5) is 8.78 Å². The molecule has 0 bridgehead atoms. The largest absolute Gasteiger partial charge is 0.464 e. The number of carbonyl (C=O) groups is 1. The molecule has 2 rings (SSSR count). The van der Waals surface area contributed by atoms with Crippen LogP contribution in [0.3, 0.4) is 0 Å². The highest BCUT2D eigenvalue weighted by Crippen LogP contribution is 2.40. The van der Waals surface area contributed by atoms with Crippen LogP contribution in [-0.2, 0) is 9.53 Å². The number of thioether (sulfide) groups is 1. The normalized spacial score (nSPS) is 11.7. The van der Waals surface area contributed by atoms with E-state index in [1.165, 1.54) is 6.20 Å². The molecule has 1 heterocycles. The molecule has 17 heavy (non-hydrogen) atoms. The van der Waals surface area contributed by atoms with Gasteiger partial charge in [-0.25, -0.2) is 4.79 Å². The lowest BCUT2D eigenvalue weighted by Crippen LogP contribution is -2.25. The number of halogens is 2. The lowest BCUT2D eigenvalue weighted by molar-refractivity contribution is -0.156. The van der Waals surface area contributed by atoms with E-state index in [2.05, 4.69) is 9.72 Å². The van der Waals surface area contributed by atoms with Gasteiger partial charge < -0.3 is 9.72 Å². The van der Waals surface area contributed by atoms with Gasteiger partial charge in [0.1, 0.15) is 0 Å². The standard InChI is InChI=1S/C11H9F2NO2S/c1-16-10(15)11(12,13)17-9-6-14-8-5-3-2-4-7(8)9/h2-6,14H,1H3. The Bertz CT molecular complexity index is 553. The molecule has 3 nitrogen and oxygen atoms in total. The molecule has 0 aliphatic heterocycles. The third-order valence-corrected chi connectivity index (χ3v) is 3.19. The van der Waals surface area contributed by atoms with E-state index < -0.39 is 11.2 Å². The van der Waals surface area contributed by atoms with Crippen molar-refractivity contribution in [1.82, 2.24) is 4.98 Å². The summed E-state index contributed by atoms with van der Waals surface area (Å²) in [6.45, 7) is 0. The number of methoxy groups -OCH3 is 1. The Morgan fingerprint density at radius 2 is 2.12 bits per heavy atom. The number of benzene rings is 1. The molecule has 90 valence electrons. The van der Waals surface area contributed by atoms with Crippen LogP contribution in [0.15, 0.2) is 35.4 Å². The predicted molar refractivity (Wildman–Crippen MR) is 61.1 cm³/mol. The molecule has 0 unspecified atom stereocenters. The number of nitrogens with one attached hydrogen (secondary N) is 1. The number of rotatable bonds is 3. The second kappa shape index (κ2) is 4.37. The number of alkyl halides is 2. The van der Waals surface area contributed by atoms with Gasteiger partial charge >= 0.3 is 11.2 Å². The maximum Gasteiger partial charge on any atom is 0.393 e. The van der Waals surface area contributed by atoms with Crippen LogP contribution in [0.5, 0.6) is 0 Å². The molecule has 1 aromatic heterocycles. The van der Waals surface area contributed by atoms with Gasteiger partial charge in [-0.1, -0.05) is 18.2 Å². The zero-order valence-electron chi connectivity index (χ0n) is 8.87. The molecule has 0 spiro atoms. The third-order valence-electron chi connectivity index (χ3n) is 2.21. The molecule has 0 saturated carbocycles. The first kappa shape index (κ1) is 11.9. The van der Waals surface area contributed by atoms with E-state index in [4.69, 9.17) is 0 Å². The number of hydrogen-bond donors (Lipinski definition) is 1. The molecule has 2 aromatic rings. The van der Waals surface area contributed by atoms with Crippen LogP contribution in [-0.4, -0.2) is 23.3 Å². The zero-order chi connectivity index (χ0) is 12.5. The van der Waals surface area contributed by atoms with Crippen molar-refractivity contribution >= 4 is 28.6 Å². The maximum absolute atomic E-state index is 13.4. The van der Waals surface area contributed by atoms with Crippen molar-refractivity contribution in [3.8, 4) is 0 Å². The average molecular weight is 257 g/mol. The number of H-pyrrole nitrogens is 1. The summed E-state index contributed by atoms with van der Waals surface area (Å²) >= 11 is 0.176. The predicted octanol–water partition coefficient (Wildman–Crippen LogP) is 3.03. The fourth-order valence-electron chi connectivity index (χ4n) is 1.43. The second-order valence-corrected chi connectivity index (χ2v) is 4.47. The summed E-state index contributed by atoms with van der Waals surface area (Å²) in [7, 11) is 0.937. The molecule has 1 aromatic carbocycles. The first-order valence-electron chi connectivity index (χ1n) is 4.76. The topological polar surface area (TPSA) is 42.1 Å². The van der Waals surface area contributed by atoms with E-state index >= 15 is 0 Å². The summed E-state index contributed by atoms with van der Waals surface area (Å²) in [5.74, 6) is -1.55. The van der Waals surface area contributed by atoms with Crippen LogP contribution in [0.25, 0.3) is 10.9 Å². The highest BCUT2D eigenvalue weighted by Gasteiger charge is 2.42. The molecular formula is C11H9F2NO2S. The molecule has 0 amide bonds. The van der Waals surface area contributed by atoms with Gasteiger partial charge in [-0.15, -0.1) is 0 Å². The Morgan fingerprint density at radius 3 is 2.82 bits per heavy atom. The van der Waals surface area contributed by atoms with Gasteiger partial charge in [-0.2, -0.15) is 8.78 Å². The smallest absolute Gasteiger partial charge is 0.393 e. The van der Waals surface area contributed by atoms with Gasteiger partial charge in [0, 0.05) is 22.0 Å². The fraction of sp³-hybridized carbons (Fsp3) is 0.182. The maximum atomic E-state index is 13.4. The Morgan fingerprint density at radius 1 is 1.41 bits per heavy atom. The van der Waals surface area contributed by atoms with E-state index in [-0.39, 0.29) is 11.8 Å². The van der Waals surface area contributed by atoms with E-state index in [1.807, 2.05) is 0 Å². The lowest BCUT2D eigenvalue weighted by atomic mass is 10.2. The van der Waals surface area contributed by atoms with Gasteiger partial charge in [-0.3, -0.25) is 0 Å². The van der Waals surface area contributed by atoms with Gasteiger partial charge in [0.05, 0.1) is 7.11 Å². The van der Waals surface area contributed by atoms with Crippen LogP contribution < -0.4 is 0 Å². The van der Waals surface area contributed by atoms with Crippen molar-refractivity contribution in [2.75, 3.05) is 7.11 Å². The number of esters is 1. The minimum Gasteiger partial charge on any atom is -0.464 e. The molecule has 0 aliphatic rings. The van der Waals surface area contributed by atoms with Crippen molar-refractivity contribution in [1.29, 1.82) is 0 Å². The van der Waals surface area contributed by atoms with E-state index in [9.17, 15) is 13.6 Å². The van der Waals surface area contributed by atoms with Crippen LogP contribution >= 0.6 is 11.8 Å². The molecule has 1 N–H and O–H groups in total. The monoisotopic (exact) mass is 257 g/mol. The second-order valence-electron chi connectivity index (χ2n) is 3.31. The minimum absolute atomic E-state index is 0.176. The number of hydrogen-bond acceptors (Lipinski definition) is 3. The molecule has 0 radical (unpaired) electrons. The van der Waals surface area contributed by atoms with E-state index in [0.29, 0.717) is 10.3 Å². The number of ether oxygens (including phenoxy) is 1. The average Bonchev–Trinajstić information content (AvgIpc) is 2.71. The van der Waals surface area contributed by atoms with Crippen molar-refractivity contribution in [3.63, 3.8) is 0 Å². The number of carbonyl (C=O) groups excluding carboxylic acids is 1. The first-order chi connectivity index (χ1) is 8.04. The van der Waals surface area contributed by atoms with Crippen LogP contribution in [0.1, 0.15) is 0 Å². The van der Waals surface area contributed by atoms with Crippen LogP contribution in [0.2, 0.25) is 0 Å². The first-order valence-corrected chi connectivity index (χ1v) is 5.57. The molecule has 6 heteroatoms.